The number of alkyl halides is 6. The second kappa shape index (κ2) is 7.29. The number of hydrogen-bond acceptors (Lipinski definition) is 3. The first-order valence-electron chi connectivity index (χ1n) is 7.89. The van der Waals surface area contributed by atoms with Gasteiger partial charge in [0.1, 0.15) is 0 Å². The molecule has 0 spiro atoms. The van der Waals surface area contributed by atoms with Crippen LogP contribution in [0.5, 0.6) is 0 Å². The zero-order valence-electron chi connectivity index (χ0n) is 14.8. The van der Waals surface area contributed by atoms with Crippen LogP contribution in [0.25, 0.3) is 10.8 Å². The van der Waals surface area contributed by atoms with Gasteiger partial charge in [0.15, 0.2) is 0 Å². The molecular formula is C19H15F6NO2. The molecule has 0 heterocycles. The number of likely N-dealkylation sites (N-methyl/N-ethyl adjacent to an activating group) is 1. The first kappa shape index (κ1) is 21.5. The van der Waals surface area contributed by atoms with Crippen molar-refractivity contribution in [2.24, 2.45) is 0 Å². The van der Waals surface area contributed by atoms with Crippen molar-refractivity contribution < 1.29 is 35.9 Å². The van der Waals surface area contributed by atoms with Crippen LogP contribution < -0.4 is 4.90 Å². The molecular weight excluding hydrogens is 388 g/mol. The fraction of sp³-hybridized carbons (Fsp3) is 0.263. The van der Waals surface area contributed by atoms with Crippen LogP contribution in [-0.2, 0) is 0 Å². The van der Waals surface area contributed by atoms with E-state index in [9.17, 15) is 35.9 Å². The molecule has 0 unspecified atom stereocenters. The van der Waals surface area contributed by atoms with Gasteiger partial charge >= 0.3 is 12.4 Å². The second-order valence-electron chi connectivity index (χ2n) is 6.33. The Morgan fingerprint density at radius 1 is 0.929 bits per heavy atom. The molecule has 3 nitrogen and oxygen atoms in total. The minimum absolute atomic E-state index is 0.0503. The third kappa shape index (κ3) is 4.18. The van der Waals surface area contributed by atoms with Crippen LogP contribution in [0.2, 0.25) is 0 Å². The molecule has 150 valence electrons. The monoisotopic (exact) mass is 403 g/mol. The second-order valence-corrected chi connectivity index (χ2v) is 6.33. The molecule has 2 aromatic carbocycles. The van der Waals surface area contributed by atoms with Crippen molar-refractivity contribution >= 4 is 28.0 Å². The largest absolute Gasteiger partial charge is 0.454 e. The zero-order chi connectivity index (χ0) is 21.4. The van der Waals surface area contributed by atoms with Gasteiger partial charge in [0.25, 0.3) is 11.6 Å². The van der Waals surface area contributed by atoms with Gasteiger partial charge in [-0.25, -0.2) is 0 Å². The van der Waals surface area contributed by atoms with E-state index in [1.165, 1.54) is 36.2 Å². The normalized spacial score (nSPS) is 12.1. The molecule has 0 radical (unpaired) electrons. The van der Waals surface area contributed by atoms with E-state index < -0.39 is 35.0 Å². The SMILES string of the molecule is C=C(C)CN(C)c1c(C(=O)C(F)(F)F)cc(C(=O)C(F)(F)F)c2ccccc12. The van der Waals surface area contributed by atoms with Crippen LogP contribution >= 0.6 is 0 Å². The Labute approximate surface area is 156 Å². The van der Waals surface area contributed by atoms with Gasteiger partial charge in [-0.3, -0.25) is 9.59 Å². The Hall–Kier alpha value is -2.84. The first-order valence-corrected chi connectivity index (χ1v) is 7.89. The van der Waals surface area contributed by atoms with Gasteiger partial charge in [-0.2, -0.15) is 26.3 Å². The number of carbonyl (C=O) groups is 2. The molecule has 0 amide bonds. The van der Waals surface area contributed by atoms with E-state index in [-0.39, 0.29) is 23.0 Å². The Morgan fingerprint density at radius 3 is 1.86 bits per heavy atom. The Balaban J connectivity index is 2.95. The van der Waals surface area contributed by atoms with Crippen molar-refractivity contribution in [3.63, 3.8) is 0 Å². The summed E-state index contributed by atoms with van der Waals surface area (Å²) in [6, 6.07) is 5.57. The third-order valence-corrected chi connectivity index (χ3v) is 3.91. The smallest absolute Gasteiger partial charge is 0.370 e. The maximum absolute atomic E-state index is 13.1. The molecule has 0 aliphatic heterocycles. The Bertz CT molecular complexity index is 959. The van der Waals surface area contributed by atoms with Crippen LogP contribution in [0.4, 0.5) is 32.0 Å². The number of nitrogens with zero attached hydrogens (tertiary/aromatic N) is 1. The lowest BCUT2D eigenvalue weighted by molar-refractivity contribution is -0.0886. The Kier molecular flexibility index (Phi) is 5.59. The van der Waals surface area contributed by atoms with Gasteiger partial charge in [0.2, 0.25) is 0 Å². The van der Waals surface area contributed by atoms with E-state index in [1.54, 1.807) is 6.92 Å². The number of carbonyl (C=O) groups excluding carboxylic acids is 2. The number of halogens is 6. The van der Waals surface area contributed by atoms with Gasteiger partial charge in [0.05, 0.1) is 11.3 Å². The summed E-state index contributed by atoms with van der Waals surface area (Å²) in [5, 5.41) is -0.277. The summed E-state index contributed by atoms with van der Waals surface area (Å²) < 4.78 is 78.3. The maximum atomic E-state index is 13.1. The number of fused-ring (bicyclic) bond motifs is 1. The molecule has 0 saturated heterocycles. The first-order chi connectivity index (χ1) is 12.7. The number of Topliss-reactive ketones (excluding diaryl/α,β-unsaturated/α-hetero) is 2. The van der Waals surface area contributed by atoms with Crippen molar-refractivity contribution in [2.75, 3.05) is 18.5 Å². The Morgan fingerprint density at radius 2 is 1.39 bits per heavy atom. The highest BCUT2D eigenvalue weighted by atomic mass is 19.4. The maximum Gasteiger partial charge on any atom is 0.454 e. The third-order valence-electron chi connectivity index (χ3n) is 3.91. The van der Waals surface area contributed by atoms with E-state index >= 15 is 0 Å². The fourth-order valence-electron chi connectivity index (χ4n) is 2.92. The quantitative estimate of drug-likeness (QED) is 0.384. The van der Waals surface area contributed by atoms with Crippen molar-refractivity contribution in [1.29, 1.82) is 0 Å². The van der Waals surface area contributed by atoms with Crippen LogP contribution in [0, 0.1) is 0 Å². The van der Waals surface area contributed by atoms with Crippen LogP contribution in [0.1, 0.15) is 27.6 Å². The molecule has 0 aliphatic carbocycles. The average molecular weight is 403 g/mol. The summed E-state index contributed by atoms with van der Waals surface area (Å²) in [7, 11) is 1.38. The van der Waals surface area contributed by atoms with Crippen molar-refractivity contribution in [2.45, 2.75) is 19.3 Å². The molecule has 2 aromatic rings. The van der Waals surface area contributed by atoms with E-state index in [1.807, 2.05) is 0 Å². The van der Waals surface area contributed by atoms with Crippen molar-refractivity contribution in [3.05, 3.63) is 53.6 Å². The van der Waals surface area contributed by atoms with Crippen molar-refractivity contribution in [1.82, 2.24) is 0 Å². The minimum atomic E-state index is -5.33. The highest BCUT2D eigenvalue weighted by Gasteiger charge is 2.44. The summed E-state index contributed by atoms with van der Waals surface area (Å²) >= 11 is 0. The fourth-order valence-corrected chi connectivity index (χ4v) is 2.92. The molecule has 0 saturated carbocycles. The standard InChI is InChI=1S/C19H15F6NO2/c1-10(2)9-26(3)15-12-7-5-4-6-11(12)13(16(27)18(20,21)22)8-14(15)17(28)19(23,24)25/h4-8H,1,9H2,2-3H3. The van der Waals surface area contributed by atoms with E-state index in [2.05, 4.69) is 6.58 Å². The summed E-state index contributed by atoms with van der Waals surface area (Å²) in [6.45, 7) is 5.30. The predicted molar refractivity (Wildman–Crippen MR) is 92.8 cm³/mol. The zero-order valence-corrected chi connectivity index (χ0v) is 14.8. The average Bonchev–Trinajstić information content (AvgIpc) is 2.56. The number of ketones is 2. The molecule has 0 aromatic heterocycles. The summed E-state index contributed by atoms with van der Waals surface area (Å²) in [5.74, 6) is -4.66. The predicted octanol–water partition coefficient (Wildman–Crippen LogP) is 5.34. The lowest BCUT2D eigenvalue weighted by Gasteiger charge is -2.26. The van der Waals surface area contributed by atoms with Crippen LogP contribution in [0.3, 0.4) is 0 Å². The minimum Gasteiger partial charge on any atom is -0.370 e. The lowest BCUT2D eigenvalue weighted by Crippen LogP contribution is -2.29. The molecule has 0 atom stereocenters. The van der Waals surface area contributed by atoms with Crippen molar-refractivity contribution in [3.8, 4) is 0 Å². The number of hydrogen-bond donors (Lipinski definition) is 0. The van der Waals surface area contributed by atoms with Gasteiger partial charge in [0, 0.05) is 24.5 Å². The molecule has 2 rings (SSSR count). The summed E-state index contributed by atoms with van der Waals surface area (Å²) in [6.07, 6.45) is -10.6. The number of rotatable bonds is 5. The van der Waals surface area contributed by atoms with Gasteiger partial charge in [-0.1, -0.05) is 36.4 Å². The van der Waals surface area contributed by atoms with E-state index in [0.29, 0.717) is 11.6 Å². The van der Waals surface area contributed by atoms with Gasteiger partial charge in [-0.05, 0) is 18.4 Å². The highest BCUT2D eigenvalue weighted by Crippen LogP contribution is 2.38. The molecule has 28 heavy (non-hydrogen) atoms. The molecule has 0 N–H and O–H groups in total. The topological polar surface area (TPSA) is 37.4 Å². The molecule has 0 fully saturated rings. The van der Waals surface area contributed by atoms with E-state index in [4.69, 9.17) is 0 Å². The molecule has 9 heteroatoms. The highest BCUT2D eigenvalue weighted by molar-refractivity contribution is 6.19. The number of benzene rings is 2. The van der Waals surface area contributed by atoms with E-state index in [0.717, 1.165) is 0 Å². The van der Waals surface area contributed by atoms with Gasteiger partial charge in [-0.15, -0.1) is 0 Å². The van der Waals surface area contributed by atoms with Crippen LogP contribution in [0.15, 0.2) is 42.5 Å². The number of anilines is 1. The molecule has 0 bridgehead atoms. The van der Waals surface area contributed by atoms with Gasteiger partial charge < -0.3 is 4.90 Å². The molecule has 0 aliphatic rings. The summed E-state index contributed by atoms with van der Waals surface area (Å²) in [5.41, 5.74) is -1.71. The van der Waals surface area contributed by atoms with Crippen LogP contribution in [-0.4, -0.2) is 37.5 Å². The lowest BCUT2D eigenvalue weighted by atomic mass is 9.93. The summed E-state index contributed by atoms with van der Waals surface area (Å²) in [4.78, 5) is 25.1.